The van der Waals surface area contributed by atoms with Crippen LogP contribution >= 0.6 is 0 Å². The van der Waals surface area contributed by atoms with E-state index in [2.05, 4.69) is 41.5 Å². The molecular formula is C12H23N5. The molecule has 0 radical (unpaired) electrons. The van der Waals surface area contributed by atoms with E-state index in [-0.39, 0.29) is 0 Å². The van der Waals surface area contributed by atoms with E-state index in [1.54, 1.807) is 7.05 Å². The summed E-state index contributed by atoms with van der Waals surface area (Å²) < 4.78 is 1.91. The Morgan fingerprint density at radius 3 is 2.47 bits per heavy atom. The van der Waals surface area contributed by atoms with Crippen LogP contribution in [-0.4, -0.2) is 28.8 Å². The Balaban J connectivity index is 2.66. The first kappa shape index (κ1) is 13.5. The van der Waals surface area contributed by atoms with Crippen LogP contribution in [0.1, 0.15) is 30.8 Å². The van der Waals surface area contributed by atoms with Crippen LogP contribution in [0.15, 0.2) is 4.99 Å². The van der Waals surface area contributed by atoms with Gasteiger partial charge in [0.15, 0.2) is 5.96 Å². The Bertz CT molecular complexity index is 403. The Hall–Kier alpha value is -1.52. The van der Waals surface area contributed by atoms with Gasteiger partial charge >= 0.3 is 0 Å². The molecule has 0 aliphatic rings. The summed E-state index contributed by atoms with van der Waals surface area (Å²) in [6, 6.07) is 0.372. The first-order valence-electron chi connectivity index (χ1n) is 5.92. The number of hydrogen-bond donors (Lipinski definition) is 2. The maximum atomic E-state index is 4.39. The second kappa shape index (κ2) is 5.70. The summed E-state index contributed by atoms with van der Waals surface area (Å²) in [4.78, 5) is 4.18. The highest BCUT2D eigenvalue weighted by Gasteiger charge is 2.09. The van der Waals surface area contributed by atoms with Gasteiger partial charge in [0.25, 0.3) is 0 Å². The number of hydrogen-bond acceptors (Lipinski definition) is 2. The molecule has 17 heavy (non-hydrogen) atoms. The molecule has 5 heteroatoms. The number of aliphatic imine (C=N–C) groups is 1. The average molecular weight is 237 g/mol. The van der Waals surface area contributed by atoms with Crippen LogP contribution in [0, 0.1) is 13.8 Å². The fourth-order valence-corrected chi connectivity index (χ4v) is 1.71. The summed E-state index contributed by atoms with van der Waals surface area (Å²) in [6.45, 7) is 9.04. The van der Waals surface area contributed by atoms with Gasteiger partial charge in [0, 0.05) is 37.9 Å². The summed E-state index contributed by atoms with van der Waals surface area (Å²) in [6.07, 6.45) is 0. The van der Waals surface area contributed by atoms with Crippen LogP contribution in [-0.2, 0) is 13.6 Å². The second-order valence-corrected chi connectivity index (χ2v) is 4.50. The Kier molecular flexibility index (Phi) is 4.54. The standard InChI is InChI=1S/C12H23N5/c1-8(2)15-12(13-5)14-7-11-9(3)16-17(6)10(11)4/h8H,7H2,1-6H3,(H2,13,14,15). The van der Waals surface area contributed by atoms with Gasteiger partial charge in [-0.1, -0.05) is 0 Å². The molecule has 0 amide bonds. The van der Waals surface area contributed by atoms with E-state index in [4.69, 9.17) is 0 Å². The fourth-order valence-electron chi connectivity index (χ4n) is 1.71. The van der Waals surface area contributed by atoms with Gasteiger partial charge in [-0.3, -0.25) is 9.67 Å². The molecule has 1 aromatic heterocycles. The number of nitrogens with one attached hydrogen (secondary N) is 2. The predicted molar refractivity (Wildman–Crippen MR) is 71.2 cm³/mol. The van der Waals surface area contributed by atoms with Gasteiger partial charge in [-0.2, -0.15) is 5.10 Å². The minimum Gasteiger partial charge on any atom is -0.354 e. The molecule has 0 bridgehead atoms. The number of rotatable bonds is 3. The third kappa shape index (κ3) is 3.47. The highest BCUT2D eigenvalue weighted by atomic mass is 15.3. The van der Waals surface area contributed by atoms with Gasteiger partial charge in [-0.05, 0) is 27.7 Å². The molecule has 0 saturated heterocycles. The van der Waals surface area contributed by atoms with E-state index < -0.39 is 0 Å². The normalized spacial score (nSPS) is 12.1. The Labute approximate surface area is 103 Å². The van der Waals surface area contributed by atoms with Crippen LogP contribution < -0.4 is 10.6 Å². The van der Waals surface area contributed by atoms with E-state index in [1.807, 2.05) is 18.7 Å². The second-order valence-electron chi connectivity index (χ2n) is 4.50. The molecule has 2 N–H and O–H groups in total. The van der Waals surface area contributed by atoms with E-state index >= 15 is 0 Å². The summed E-state index contributed by atoms with van der Waals surface area (Å²) in [5, 5.41) is 10.9. The largest absolute Gasteiger partial charge is 0.354 e. The smallest absolute Gasteiger partial charge is 0.191 e. The minimum absolute atomic E-state index is 0.372. The zero-order valence-electron chi connectivity index (χ0n) is 11.6. The van der Waals surface area contributed by atoms with Gasteiger partial charge in [0.2, 0.25) is 0 Å². The topological polar surface area (TPSA) is 54.2 Å². The van der Waals surface area contributed by atoms with Gasteiger partial charge in [-0.25, -0.2) is 0 Å². The molecular weight excluding hydrogens is 214 g/mol. The van der Waals surface area contributed by atoms with E-state index in [9.17, 15) is 0 Å². The third-order valence-corrected chi connectivity index (χ3v) is 2.74. The quantitative estimate of drug-likeness (QED) is 0.611. The Morgan fingerprint density at radius 2 is 2.06 bits per heavy atom. The summed E-state index contributed by atoms with van der Waals surface area (Å²) in [5.74, 6) is 0.822. The SMILES string of the molecule is CN=C(NCc1c(C)nn(C)c1C)NC(C)C. The molecule has 1 heterocycles. The summed E-state index contributed by atoms with van der Waals surface area (Å²) >= 11 is 0. The van der Waals surface area contributed by atoms with Crippen molar-refractivity contribution in [1.82, 2.24) is 20.4 Å². The molecule has 0 unspecified atom stereocenters. The molecule has 5 nitrogen and oxygen atoms in total. The number of nitrogens with zero attached hydrogens (tertiary/aromatic N) is 3. The fraction of sp³-hybridized carbons (Fsp3) is 0.667. The van der Waals surface area contributed by atoms with Crippen LogP contribution in [0.4, 0.5) is 0 Å². The highest BCUT2D eigenvalue weighted by molar-refractivity contribution is 5.79. The maximum absolute atomic E-state index is 4.39. The van der Waals surface area contributed by atoms with Crippen LogP contribution in [0.25, 0.3) is 0 Å². The summed E-state index contributed by atoms with van der Waals surface area (Å²) in [5.41, 5.74) is 3.49. The lowest BCUT2D eigenvalue weighted by Crippen LogP contribution is -2.40. The molecule has 1 rings (SSSR count). The van der Waals surface area contributed by atoms with Gasteiger partial charge < -0.3 is 10.6 Å². The van der Waals surface area contributed by atoms with Crippen molar-refractivity contribution in [2.24, 2.45) is 12.0 Å². The monoisotopic (exact) mass is 237 g/mol. The first-order valence-corrected chi connectivity index (χ1v) is 5.92. The van der Waals surface area contributed by atoms with Crippen LogP contribution in [0.2, 0.25) is 0 Å². The molecule has 0 fully saturated rings. The minimum atomic E-state index is 0.372. The van der Waals surface area contributed by atoms with E-state index in [0.29, 0.717) is 6.04 Å². The number of guanidine groups is 1. The van der Waals surface area contributed by atoms with Crippen molar-refractivity contribution in [3.63, 3.8) is 0 Å². The lowest BCUT2D eigenvalue weighted by molar-refractivity contribution is 0.697. The lowest BCUT2D eigenvalue weighted by Gasteiger charge is -2.14. The van der Waals surface area contributed by atoms with Crippen LogP contribution in [0.3, 0.4) is 0 Å². The molecule has 0 aliphatic carbocycles. The Morgan fingerprint density at radius 1 is 1.41 bits per heavy atom. The molecule has 1 aromatic rings. The maximum Gasteiger partial charge on any atom is 0.191 e. The zero-order valence-corrected chi connectivity index (χ0v) is 11.6. The van der Waals surface area contributed by atoms with Gasteiger partial charge in [-0.15, -0.1) is 0 Å². The highest BCUT2D eigenvalue weighted by Crippen LogP contribution is 2.10. The van der Waals surface area contributed by atoms with E-state index in [1.165, 1.54) is 11.3 Å². The van der Waals surface area contributed by atoms with Gasteiger partial charge in [0.1, 0.15) is 0 Å². The van der Waals surface area contributed by atoms with Crippen molar-refractivity contribution in [3.05, 3.63) is 17.0 Å². The molecule has 96 valence electrons. The van der Waals surface area contributed by atoms with E-state index in [0.717, 1.165) is 18.2 Å². The van der Waals surface area contributed by atoms with Crippen molar-refractivity contribution in [2.75, 3.05) is 7.05 Å². The average Bonchev–Trinajstić information content (AvgIpc) is 2.49. The molecule has 0 aromatic carbocycles. The predicted octanol–water partition coefficient (Wildman–Crippen LogP) is 1.11. The van der Waals surface area contributed by atoms with Crippen molar-refractivity contribution < 1.29 is 0 Å². The van der Waals surface area contributed by atoms with Crippen molar-refractivity contribution in [1.29, 1.82) is 0 Å². The van der Waals surface area contributed by atoms with Crippen molar-refractivity contribution in [2.45, 2.75) is 40.3 Å². The summed E-state index contributed by atoms with van der Waals surface area (Å²) in [7, 11) is 3.74. The zero-order chi connectivity index (χ0) is 13.0. The number of aryl methyl sites for hydroxylation is 2. The van der Waals surface area contributed by atoms with Gasteiger partial charge in [0.05, 0.1) is 5.69 Å². The molecule has 0 spiro atoms. The third-order valence-electron chi connectivity index (χ3n) is 2.74. The van der Waals surface area contributed by atoms with Crippen molar-refractivity contribution in [3.8, 4) is 0 Å². The lowest BCUT2D eigenvalue weighted by atomic mass is 10.2. The molecule has 0 aliphatic heterocycles. The van der Waals surface area contributed by atoms with Crippen molar-refractivity contribution >= 4 is 5.96 Å². The molecule has 0 saturated carbocycles. The number of aromatic nitrogens is 2. The molecule has 0 atom stereocenters. The first-order chi connectivity index (χ1) is 7.95. The van der Waals surface area contributed by atoms with Crippen LogP contribution in [0.5, 0.6) is 0 Å².